The zero-order chi connectivity index (χ0) is 10.3. The molecule has 74 valence electrons. The third kappa shape index (κ3) is 1.10. The van der Waals surface area contributed by atoms with Crippen LogP contribution in [0.25, 0.3) is 10.9 Å². The Morgan fingerprint density at radius 1 is 1.14 bits per heavy atom. The van der Waals surface area contributed by atoms with E-state index in [0.717, 1.165) is 0 Å². The summed E-state index contributed by atoms with van der Waals surface area (Å²) in [6.07, 6.45) is 0. The first kappa shape index (κ1) is 9.13. The van der Waals surface area contributed by atoms with Gasteiger partial charge < -0.3 is 9.47 Å². The predicted octanol–water partition coefficient (Wildman–Crippen LogP) is 2.55. The number of benzene rings is 1. The van der Waals surface area contributed by atoms with E-state index in [-0.39, 0.29) is 0 Å². The summed E-state index contributed by atoms with van der Waals surface area (Å²) in [6, 6.07) is 8.52. The van der Waals surface area contributed by atoms with Crippen molar-refractivity contribution in [2.24, 2.45) is 7.05 Å². The van der Waals surface area contributed by atoms with Crippen LogP contribution in [0.15, 0.2) is 24.3 Å². The molecule has 0 N–H and O–H groups in total. The van der Waals surface area contributed by atoms with E-state index in [4.69, 9.17) is 0 Å². The van der Waals surface area contributed by atoms with Crippen LogP contribution < -0.4 is 4.90 Å². The molecule has 14 heavy (non-hydrogen) atoms. The lowest BCUT2D eigenvalue weighted by Crippen LogP contribution is -2.13. The van der Waals surface area contributed by atoms with Crippen molar-refractivity contribution in [3.05, 3.63) is 29.8 Å². The Kier molecular flexibility index (Phi) is 1.99. The Labute approximate surface area is 84.8 Å². The lowest BCUT2D eigenvalue weighted by molar-refractivity contribution is 0.909. The molecular formula is C12H16N2. The van der Waals surface area contributed by atoms with Crippen LogP contribution in [0.3, 0.4) is 0 Å². The van der Waals surface area contributed by atoms with Crippen molar-refractivity contribution < 1.29 is 0 Å². The van der Waals surface area contributed by atoms with Crippen LogP contribution in [0.4, 0.5) is 5.82 Å². The second-order valence-corrected chi connectivity index (χ2v) is 3.92. The van der Waals surface area contributed by atoms with Gasteiger partial charge >= 0.3 is 0 Å². The standard InChI is InChI=1S/C12H16N2/c1-9-10-7-5-6-8-11(10)14(4)12(9)13(2)3/h5-8H,1-4H3. The Morgan fingerprint density at radius 2 is 1.79 bits per heavy atom. The molecule has 0 fully saturated rings. The van der Waals surface area contributed by atoms with Crippen molar-refractivity contribution >= 4 is 16.7 Å². The summed E-state index contributed by atoms with van der Waals surface area (Å²) >= 11 is 0. The molecule has 1 aromatic carbocycles. The summed E-state index contributed by atoms with van der Waals surface area (Å²) in [6.45, 7) is 2.18. The van der Waals surface area contributed by atoms with E-state index < -0.39 is 0 Å². The molecule has 0 spiro atoms. The summed E-state index contributed by atoms with van der Waals surface area (Å²) < 4.78 is 2.24. The quantitative estimate of drug-likeness (QED) is 0.667. The molecule has 0 atom stereocenters. The number of rotatable bonds is 1. The van der Waals surface area contributed by atoms with Crippen molar-refractivity contribution in [1.82, 2.24) is 4.57 Å². The Hall–Kier alpha value is -1.44. The molecule has 0 saturated carbocycles. The minimum absolute atomic E-state index is 1.28. The number of fused-ring (bicyclic) bond motifs is 1. The largest absolute Gasteiger partial charge is 0.364 e. The zero-order valence-corrected chi connectivity index (χ0v) is 9.20. The smallest absolute Gasteiger partial charge is 0.111 e. The number of aryl methyl sites for hydroxylation is 2. The molecule has 0 saturated heterocycles. The number of para-hydroxylation sites is 1. The normalized spacial score (nSPS) is 10.9. The maximum absolute atomic E-state index is 2.24. The molecule has 1 aromatic heterocycles. The van der Waals surface area contributed by atoms with Gasteiger partial charge in [-0.2, -0.15) is 0 Å². The van der Waals surface area contributed by atoms with Crippen LogP contribution in [0.1, 0.15) is 5.56 Å². The fourth-order valence-electron chi connectivity index (χ4n) is 2.20. The number of hydrogen-bond acceptors (Lipinski definition) is 1. The average Bonchev–Trinajstić information content (AvgIpc) is 2.41. The molecule has 1 heterocycles. The van der Waals surface area contributed by atoms with Gasteiger partial charge in [0.05, 0.1) is 0 Å². The van der Waals surface area contributed by atoms with E-state index in [0.29, 0.717) is 0 Å². The van der Waals surface area contributed by atoms with E-state index in [9.17, 15) is 0 Å². The van der Waals surface area contributed by atoms with E-state index in [1.54, 1.807) is 0 Å². The van der Waals surface area contributed by atoms with Crippen LogP contribution in [-0.4, -0.2) is 18.7 Å². The van der Waals surface area contributed by atoms with Crippen molar-refractivity contribution in [3.8, 4) is 0 Å². The van der Waals surface area contributed by atoms with Gasteiger partial charge in [0, 0.05) is 32.0 Å². The summed E-state index contributed by atoms with van der Waals surface area (Å²) in [4.78, 5) is 2.16. The van der Waals surface area contributed by atoms with Gasteiger partial charge in [0.1, 0.15) is 5.82 Å². The van der Waals surface area contributed by atoms with Gasteiger partial charge in [0.25, 0.3) is 0 Å². The van der Waals surface area contributed by atoms with Crippen LogP contribution >= 0.6 is 0 Å². The van der Waals surface area contributed by atoms with E-state index >= 15 is 0 Å². The molecule has 2 aromatic rings. The Morgan fingerprint density at radius 3 is 2.36 bits per heavy atom. The Balaban J connectivity index is 2.85. The highest BCUT2D eigenvalue weighted by atomic mass is 15.2. The number of aromatic nitrogens is 1. The van der Waals surface area contributed by atoms with Crippen LogP contribution in [0.5, 0.6) is 0 Å². The molecule has 0 amide bonds. The van der Waals surface area contributed by atoms with Gasteiger partial charge in [0.2, 0.25) is 0 Å². The van der Waals surface area contributed by atoms with Crippen molar-refractivity contribution in [2.45, 2.75) is 6.92 Å². The fraction of sp³-hybridized carbons (Fsp3) is 0.333. The van der Waals surface area contributed by atoms with Crippen LogP contribution in [-0.2, 0) is 7.05 Å². The molecule has 2 nitrogen and oxygen atoms in total. The summed E-state index contributed by atoms with van der Waals surface area (Å²) in [5.74, 6) is 1.28. The first-order chi connectivity index (χ1) is 6.63. The highest BCUT2D eigenvalue weighted by Gasteiger charge is 2.11. The van der Waals surface area contributed by atoms with Crippen LogP contribution in [0, 0.1) is 6.92 Å². The molecule has 2 heteroatoms. The summed E-state index contributed by atoms with van der Waals surface area (Å²) in [5.41, 5.74) is 2.65. The highest BCUT2D eigenvalue weighted by Crippen LogP contribution is 2.29. The predicted molar refractivity (Wildman–Crippen MR) is 62.0 cm³/mol. The molecular weight excluding hydrogens is 172 g/mol. The fourth-order valence-corrected chi connectivity index (χ4v) is 2.20. The molecule has 0 bridgehead atoms. The van der Waals surface area contributed by atoms with Crippen LogP contribution in [0.2, 0.25) is 0 Å². The molecule has 0 aliphatic carbocycles. The average molecular weight is 188 g/mol. The first-order valence-corrected chi connectivity index (χ1v) is 4.84. The molecule has 0 aliphatic heterocycles. The van der Waals surface area contributed by atoms with Gasteiger partial charge in [0.15, 0.2) is 0 Å². The lowest BCUT2D eigenvalue weighted by Gasteiger charge is -2.14. The van der Waals surface area contributed by atoms with Crippen molar-refractivity contribution in [2.75, 3.05) is 19.0 Å². The van der Waals surface area contributed by atoms with Gasteiger partial charge in [-0.3, -0.25) is 0 Å². The minimum Gasteiger partial charge on any atom is -0.364 e. The van der Waals surface area contributed by atoms with Gasteiger partial charge in [-0.15, -0.1) is 0 Å². The first-order valence-electron chi connectivity index (χ1n) is 4.84. The van der Waals surface area contributed by atoms with Gasteiger partial charge in [-0.1, -0.05) is 18.2 Å². The SMILES string of the molecule is Cc1c(N(C)C)n(C)c2ccccc12. The highest BCUT2D eigenvalue weighted by molar-refractivity contribution is 5.89. The van der Waals surface area contributed by atoms with E-state index in [1.807, 2.05) is 0 Å². The topological polar surface area (TPSA) is 8.17 Å². The second kappa shape index (κ2) is 3.05. The van der Waals surface area contributed by atoms with Crippen molar-refractivity contribution in [1.29, 1.82) is 0 Å². The molecule has 2 rings (SSSR count). The van der Waals surface area contributed by atoms with E-state index in [1.165, 1.54) is 22.3 Å². The number of nitrogens with zero attached hydrogens (tertiary/aromatic N) is 2. The third-order valence-electron chi connectivity index (χ3n) is 2.75. The lowest BCUT2D eigenvalue weighted by atomic mass is 10.2. The minimum atomic E-state index is 1.28. The van der Waals surface area contributed by atoms with Crippen molar-refractivity contribution in [3.63, 3.8) is 0 Å². The van der Waals surface area contributed by atoms with Gasteiger partial charge in [-0.05, 0) is 18.6 Å². The number of hydrogen-bond donors (Lipinski definition) is 0. The Bertz CT molecular complexity index is 427. The summed E-state index contributed by atoms with van der Waals surface area (Å²) in [7, 11) is 6.28. The summed E-state index contributed by atoms with van der Waals surface area (Å²) in [5, 5.41) is 1.35. The molecule has 0 aliphatic rings. The zero-order valence-electron chi connectivity index (χ0n) is 9.20. The monoisotopic (exact) mass is 188 g/mol. The number of anilines is 1. The van der Waals surface area contributed by atoms with E-state index in [2.05, 4.69) is 61.8 Å². The van der Waals surface area contributed by atoms with Gasteiger partial charge in [-0.25, -0.2) is 0 Å². The maximum atomic E-state index is 2.24. The molecule has 0 unspecified atom stereocenters. The second-order valence-electron chi connectivity index (χ2n) is 3.92. The molecule has 0 radical (unpaired) electrons. The third-order valence-corrected chi connectivity index (χ3v) is 2.75. The maximum Gasteiger partial charge on any atom is 0.111 e.